The van der Waals surface area contributed by atoms with Crippen LogP contribution in [0.2, 0.25) is 0 Å². The summed E-state index contributed by atoms with van der Waals surface area (Å²) in [5.74, 6) is 0.00757. The van der Waals surface area contributed by atoms with Crippen molar-refractivity contribution in [2.24, 2.45) is 36.4 Å². The van der Waals surface area contributed by atoms with E-state index in [1.54, 1.807) is 24.8 Å². The Hall–Kier alpha value is -6.81. The molecule has 0 saturated carbocycles. The van der Waals surface area contributed by atoms with Crippen molar-refractivity contribution >= 4 is 36.6 Å². The standard InChI is InChI=1S/C8H14N8O3.2C4H8N4O2.C2H4N4.CH2O.CH4/c9-1-11-7(13-3-17)15-5-19-6-16-8(12-2-10)14-4-18;2*5-1-6-4(7-2-9)8-3-10;3-1-6-2(4)5;1-2;/h17-18H,3-6H2,(H2,11,13,15)(H2,12,14,16);2*9-10H,2-3H2,(H2,6,7,8);(H4,4,5,6);1H2;1H4. The van der Waals surface area contributed by atoms with Crippen molar-refractivity contribution in [3.63, 3.8) is 0 Å². The van der Waals surface area contributed by atoms with Gasteiger partial charge in [0.15, 0.2) is 24.8 Å². The number of carbonyl (C=O) groups excluding carboxylic acids is 1. The molecular weight excluding hydrogens is 648 g/mol. The first kappa shape index (κ1) is 53.7. The molecule has 18 N–H and O–H groups in total. The lowest BCUT2D eigenvalue weighted by Crippen LogP contribution is -2.35. The van der Waals surface area contributed by atoms with Crippen LogP contribution in [0.5, 0.6) is 0 Å². The minimum atomic E-state index is -0.434. The summed E-state index contributed by atoms with van der Waals surface area (Å²) in [6.07, 6.45) is 7.80. The number of nitrogens with one attached hydrogen (secondary N) is 8. The highest BCUT2D eigenvalue weighted by Crippen LogP contribution is 1.80. The van der Waals surface area contributed by atoms with Gasteiger partial charge in [-0.1, -0.05) is 7.43 Å². The molecule has 0 bridgehead atoms. The van der Waals surface area contributed by atoms with Crippen molar-refractivity contribution in [1.29, 1.82) is 26.3 Å². The van der Waals surface area contributed by atoms with E-state index in [9.17, 15) is 0 Å². The fraction of sp³-hybridized carbons (Fsp3) is 0.450. The number of nitrogens with zero attached hydrogens (tertiary/aromatic N) is 10. The summed E-state index contributed by atoms with van der Waals surface area (Å²) < 4.78 is 4.96. The van der Waals surface area contributed by atoms with Crippen LogP contribution >= 0.6 is 0 Å². The zero-order valence-corrected chi connectivity index (χ0v) is 24.5. The average molecular weight is 689 g/mol. The van der Waals surface area contributed by atoms with Crippen LogP contribution in [0.3, 0.4) is 0 Å². The first-order valence-corrected chi connectivity index (χ1v) is 11.5. The average Bonchev–Trinajstić information content (AvgIpc) is 3.04. The van der Waals surface area contributed by atoms with Gasteiger partial charge in [-0.15, -0.1) is 4.99 Å². The third-order valence-electron chi connectivity index (χ3n) is 2.95. The molecule has 0 aliphatic rings. The van der Waals surface area contributed by atoms with Crippen LogP contribution in [-0.4, -0.2) is 121 Å². The van der Waals surface area contributed by atoms with Gasteiger partial charge in [0.25, 0.3) is 0 Å². The predicted molar refractivity (Wildman–Crippen MR) is 166 cm³/mol. The quantitative estimate of drug-likeness (QED) is 0.0253. The number of rotatable bonds is 10. The number of aliphatic hydroxyl groups excluding tert-OH is 6. The molecule has 0 spiro atoms. The van der Waals surface area contributed by atoms with Crippen LogP contribution in [0.4, 0.5) is 0 Å². The molecule has 0 atom stereocenters. The van der Waals surface area contributed by atoms with Gasteiger partial charge >= 0.3 is 0 Å². The van der Waals surface area contributed by atoms with Gasteiger partial charge in [-0.2, -0.15) is 26.3 Å². The second-order valence-electron chi connectivity index (χ2n) is 5.70. The molecule has 0 saturated heterocycles. The van der Waals surface area contributed by atoms with Crippen molar-refractivity contribution in [3.8, 4) is 31.0 Å². The molecule has 0 aromatic rings. The van der Waals surface area contributed by atoms with E-state index in [4.69, 9.17) is 77.9 Å². The Bertz CT molecular complexity index is 1050. The molecule has 0 aromatic heterocycles. The van der Waals surface area contributed by atoms with Gasteiger partial charge in [0, 0.05) is 0 Å². The van der Waals surface area contributed by atoms with Crippen molar-refractivity contribution < 1.29 is 40.2 Å². The van der Waals surface area contributed by atoms with Crippen LogP contribution in [-0.2, 0) is 9.53 Å². The molecule has 28 nitrogen and oxygen atoms in total. The minimum Gasteiger partial charge on any atom is -0.376 e. The van der Waals surface area contributed by atoms with Crippen LogP contribution in [0.15, 0.2) is 25.0 Å². The second kappa shape index (κ2) is 49.8. The van der Waals surface area contributed by atoms with Crippen molar-refractivity contribution in [2.75, 3.05) is 53.8 Å². The first-order chi connectivity index (χ1) is 22.7. The van der Waals surface area contributed by atoms with Gasteiger partial charge in [-0.25, -0.2) is 20.0 Å². The summed E-state index contributed by atoms with van der Waals surface area (Å²) in [4.78, 5) is 25.2. The summed E-state index contributed by atoms with van der Waals surface area (Å²) in [7, 11) is 0. The highest BCUT2D eigenvalue weighted by atomic mass is 16.5. The summed E-state index contributed by atoms with van der Waals surface area (Å²) >= 11 is 0. The van der Waals surface area contributed by atoms with Gasteiger partial charge in [0.2, 0.25) is 36.0 Å². The number of carbonyl (C=O) groups is 1. The number of hydrogen-bond acceptors (Lipinski definition) is 18. The lowest BCUT2D eigenvalue weighted by atomic mass is 10.8. The van der Waals surface area contributed by atoms with E-state index in [1.807, 2.05) is 6.79 Å². The predicted octanol–water partition coefficient (Wildman–Crippen LogP) is -8.15. The summed E-state index contributed by atoms with van der Waals surface area (Å²) in [6, 6.07) is 0. The molecule has 0 heterocycles. The lowest BCUT2D eigenvalue weighted by molar-refractivity contribution is -0.0980. The largest absolute Gasteiger partial charge is 0.376 e. The molecule has 268 valence electrons. The van der Waals surface area contributed by atoms with E-state index in [-0.39, 0.29) is 77.6 Å². The fourth-order valence-electron chi connectivity index (χ4n) is 1.53. The minimum absolute atomic E-state index is 0. The number of ether oxygens (including phenoxy) is 1. The Balaban J connectivity index is -0.000000130. The zero-order chi connectivity index (χ0) is 37.0. The van der Waals surface area contributed by atoms with E-state index in [0.29, 0.717) is 0 Å². The topological polar surface area (TPSA) is 477 Å². The maximum atomic E-state index is 8.58. The van der Waals surface area contributed by atoms with Gasteiger partial charge in [-0.3, -0.25) is 21.3 Å². The SMILES string of the molecule is C.C=O.N#CN=C(N)N.N#CNC(=NCO)NCO.N#CNC(=NCO)NCO.N#CNC(=NCOCN=C(NC#N)NCO)NCO. The summed E-state index contributed by atoms with van der Waals surface area (Å²) in [6.45, 7) is -0.571. The molecule has 48 heavy (non-hydrogen) atoms. The number of nitrogens with two attached hydrogens (primary N) is 2. The van der Waals surface area contributed by atoms with Crippen molar-refractivity contribution in [2.45, 2.75) is 7.43 Å². The van der Waals surface area contributed by atoms with Gasteiger partial charge < -0.3 is 72.9 Å². The summed E-state index contributed by atoms with van der Waals surface area (Å²) in [5.41, 5.74) is 9.42. The number of guanidine groups is 5. The van der Waals surface area contributed by atoms with Crippen molar-refractivity contribution in [1.82, 2.24) is 42.5 Å². The van der Waals surface area contributed by atoms with Crippen LogP contribution < -0.4 is 54.0 Å². The maximum Gasteiger partial charge on any atom is 0.209 e. The van der Waals surface area contributed by atoms with Crippen molar-refractivity contribution in [3.05, 3.63) is 0 Å². The Morgan fingerprint density at radius 2 is 0.854 bits per heavy atom. The second-order valence-corrected chi connectivity index (χ2v) is 5.70. The molecule has 0 aromatic carbocycles. The Morgan fingerprint density at radius 3 is 1.02 bits per heavy atom. The van der Waals surface area contributed by atoms with E-state index in [1.165, 1.54) is 6.19 Å². The lowest BCUT2D eigenvalue weighted by Gasteiger charge is -2.05. The summed E-state index contributed by atoms with van der Waals surface area (Å²) in [5, 5.41) is 109. The third-order valence-corrected chi connectivity index (χ3v) is 2.95. The molecule has 0 aliphatic heterocycles. The number of nitriles is 5. The molecule has 28 heteroatoms. The van der Waals surface area contributed by atoms with E-state index < -0.39 is 13.5 Å². The molecule has 0 fully saturated rings. The van der Waals surface area contributed by atoms with Crippen LogP contribution in [0.1, 0.15) is 7.43 Å². The Morgan fingerprint density at radius 1 is 0.583 bits per heavy atom. The monoisotopic (exact) mass is 688 g/mol. The molecule has 0 unspecified atom stereocenters. The molecule has 0 aliphatic carbocycles. The number of aliphatic hydroxyl groups is 6. The fourth-order valence-corrected chi connectivity index (χ4v) is 1.53. The van der Waals surface area contributed by atoms with E-state index >= 15 is 0 Å². The Labute approximate surface area is 274 Å². The third kappa shape index (κ3) is 48.9. The van der Waals surface area contributed by atoms with Crippen LogP contribution in [0.25, 0.3) is 0 Å². The highest BCUT2D eigenvalue weighted by molar-refractivity contribution is 5.82. The van der Waals surface area contributed by atoms with Crippen LogP contribution in [0, 0.1) is 57.3 Å². The number of aliphatic imine (C=N–C) groups is 5. The normalized spacial score (nSPS) is 9.52. The maximum absolute atomic E-state index is 8.58. The van der Waals surface area contributed by atoms with Gasteiger partial charge in [-0.05, 0) is 0 Å². The number of hydrogen-bond donors (Lipinski definition) is 16. The van der Waals surface area contributed by atoms with E-state index in [2.05, 4.69) is 67.5 Å². The van der Waals surface area contributed by atoms with Gasteiger partial charge in [0.05, 0.1) is 0 Å². The molecule has 0 radical (unpaired) electrons. The molecule has 0 amide bonds. The zero-order valence-electron chi connectivity index (χ0n) is 24.5. The first-order valence-electron chi connectivity index (χ1n) is 11.5. The molecular formula is C20H40N20O8. The Kier molecular flexibility index (Phi) is 55.8. The smallest absolute Gasteiger partial charge is 0.209 e. The molecule has 0 rings (SSSR count). The van der Waals surface area contributed by atoms with E-state index in [0.717, 1.165) is 0 Å². The highest BCUT2D eigenvalue weighted by Gasteiger charge is 1.96. The van der Waals surface area contributed by atoms with Gasteiger partial charge in [0.1, 0.15) is 60.6 Å².